The van der Waals surface area contributed by atoms with Gasteiger partial charge in [-0.25, -0.2) is 28.1 Å². The van der Waals surface area contributed by atoms with Crippen LogP contribution in [0.5, 0.6) is 11.5 Å². The molecule has 4 rings (SSSR count). The van der Waals surface area contributed by atoms with Crippen LogP contribution >= 0.6 is 0 Å². The van der Waals surface area contributed by atoms with Crippen molar-refractivity contribution >= 4 is 27.5 Å². The van der Waals surface area contributed by atoms with Crippen molar-refractivity contribution in [1.82, 2.24) is 19.7 Å². The lowest BCUT2D eigenvalue weighted by Gasteiger charge is -2.10. The van der Waals surface area contributed by atoms with Crippen LogP contribution in [0.4, 0.5) is 17.5 Å². The summed E-state index contributed by atoms with van der Waals surface area (Å²) in [6.07, 6.45) is 3.14. The molecule has 2 aromatic carbocycles. The highest BCUT2D eigenvalue weighted by molar-refractivity contribution is 7.89. The van der Waals surface area contributed by atoms with Crippen LogP contribution < -0.4 is 20.1 Å². The number of hydrogen-bond donors (Lipinski definition) is 3. The summed E-state index contributed by atoms with van der Waals surface area (Å²) in [5.74, 6) is 3.06. The van der Waals surface area contributed by atoms with Crippen LogP contribution in [0.1, 0.15) is 5.56 Å². The third-order valence-corrected chi connectivity index (χ3v) is 6.15. The van der Waals surface area contributed by atoms with E-state index in [0.29, 0.717) is 35.5 Å². The van der Waals surface area contributed by atoms with Crippen LogP contribution in [0.2, 0.25) is 0 Å². The molecule has 0 atom stereocenters. The van der Waals surface area contributed by atoms with Crippen LogP contribution in [0.3, 0.4) is 0 Å². The molecule has 4 aromatic rings. The van der Waals surface area contributed by atoms with Gasteiger partial charge in [0.2, 0.25) is 10.0 Å². The highest BCUT2D eigenvalue weighted by Gasteiger charge is 2.13. The Morgan fingerprint density at radius 2 is 1.50 bits per heavy atom. The van der Waals surface area contributed by atoms with Crippen LogP contribution in [-0.2, 0) is 10.0 Å². The molecule has 0 unspecified atom stereocenters. The quantitative estimate of drug-likeness (QED) is 0.293. The Labute approximate surface area is 198 Å². The zero-order valence-corrected chi connectivity index (χ0v) is 19.3. The molecule has 0 aliphatic carbocycles. The van der Waals surface area contributed by atoms with Crippen molar-refractivity contribution in [3.05, 3.63) is 90.9 Å². The van der Waals surface area contributed by atoms with E-state index in [1.54, 1.807) is 24.4 Å². The van der Waals surface area contributed by atoms with Gasteiger partial charge < -0.3 is 15.4 Å². The Morgan fingerprint density at radius 3 is 2.26 bits per heavy atom. The van der Waals surface area contributed by atoms with Crippen molar-refractivity contribution in [3.8, 4) is 11.5 Å². The fourth-order valence-corrected chi connectivity index (χ4v) is 4.06. The maximum atomic E-state index is 12.6. The molecule has 0 saturated heterocycles. The van der Waals surface area contributed by atoms with E-state index in [1.807, 2.05) is 49.4 Å². The van der Waals surface area contributed by atoms with E-state index in [2.05, 4.69) is 30.3 Å². The zero-order valence-electron chi connectivity index (χ0n) is 18.5. The molecule has 0 aliphatic heterocycles. The van der Waals surface area contributed by atoms with Crippen LogP contribution in [-0.4, -0.2) is 36.5 Å². The van der Waals surface area contributed by atoms with Gasteiger partial charge in [0.15, 0.2) is 0 Å². The fraction of sp³-hybridized carbons (Fsp3) is 0.125. The summed E-state index contributed by atoms with van der Waals surface area (Å²) in [5, 5.41) is 6.20. The van der Waals surface area contributed by atoms with Crippen LogP contribution in [0.25, 0.3) is 0 Å². The number of ether oxygens (including phenoxy) is 1. The van der Waals surface area contributed by atoms with E-state index in [-0.39, 0.29) is 11.4 Å². The number of rotatable bonds is 10. The Bertz CT molecular complexity index is 1330. The summed E-state index contributed by atoms with van der Waals surface area (Å²) in [6.45, 7) is 2.50. The van der Waals surface area contributed by atoms with Gasteiger partial charge in [0.1, 0.15) is 35.3 Å². The summed E-state index contributed by atoms with van der Waals surface area (Å²) < 4.78 is 33.4. The summed E-state index contributed by atoms with van der Waals surface area (Å²) in [5.41, 5.74) is 1.08. The van der Waals surface area contributed by atoms with E-state index in [1.165, 1.54) is 18.5 Å². The minimum Gasteiger partial charge on any atom is -0.457 e. The molecule has 34 heavy (non-hydrogen) atoms. The zero-order chi connectivity index (χ0) is 23.8. The van der Waals surface area contributed by atoms with Gasteiger partial charge in [-0.1, -0.05) is 18.2 Å². The number of nitrogens with zero attached hydrogens (tertiary/aromatic N) is 3. The molecule has 10 heteroatoms. The predicted molar refractivity (Wildman–Crippen MR) is 131 cm³/mol. The van der Waals surface area contributed by atoms with Crippen molar-refractivity contribution in [2.75, 3.05) is 23.7 Å². The van der Waals surface area contributed by atoms with Gasteiger partial charge >= 0.3 is 0 Å². The van der Waals surface area contributed by atoms with Gasteiger partial charge in [-0.3, -0.25) is 0 Å². The summed E-state index contributed by atoms with van der Waals surface area (Å²) in [6, 6.07) is 21.1. The maximum absolute atomic E-state index is 12.6. The van der Waals surface area contributed by atoms with Gasteiger partial charge in [0.05, 0.1) is 4.90 Å². The molecule has 0 amide bonds. The van der Waals surface area contributed by atoms with Gasteiger partial charge in [0.25, 0.3) is 0 Å². The lowest BCUT2D eigenvalue weighted by atomic mass is 10.3. The summed E-state index contributed by atoms with van der Waals surface area (Å²) in [4.78, 5) is 12.7. The molecule has 0 bridgehead atoms. The van der Waals surface area contributed by atoms with Crippen molar-refractivity contribution in [2.45, 2.75) is 11.8 Å². The highest BCUT2D eigenvalue weighted by atomic mass is 32.2. The maximum Gasteiger partial charge on any atom is 0.240 e. The van der Waals surface area contributed by atoms with Crippen molar-refractivity contribution < 1.29 is 13.2 Å². The fourth-order valence-electron chi connectivity index (χ4n) is 3.03. The smallest absolute Gasteiger partial charge is 0.240 e. The third-order valence-electron chi connectivity index (χ3n) is 4.67. The number of anilines is 3. The Morgan fingerprint density at radius 1 is 0.794 bits per heavy atom. The monoisotopic (exact) mass is 476 g/mol. The number of aryl methyl sites for hydroxylation is 1. The van der Waals surface area contributed by atoms with Crippen molar-refractivity contribution in [1.29, 1.82) is 0 Å². The number of nitrogens with one attached hydrogen (secondary N) is 3. The Hall–Kier alpha value is -4.02. The van der Waals surface area contributed by atoms with Crippen LogP contribution in [0.15, 0.2) is 90.2 Å². The standard InChI is InChI=1S/C24H24N6O3S/c1-18-11-12-25-23(15-18)30-24-16-22(27-17-28-24)26-13-14-29-34(31,32)21-9-7-20(8-10-21)33-19-5-3-2-4-6-19/h2-12,15-17,29H,13-14H2,1H3,(H2,25,26,27,28,30). The number of para-hydroxylation sites is 1. The first-order valence-corrected chi connectivity index (χ1v) is 12.0. The molecule has 2 heterocycles. The minimum absolute atomic E-state index is 0.159. The lowest BCUT2D eigenvalue weighted by molar-refractivity contribution is 0.482. The first kappa shape index (κ1) is 23.1. The Kier molecular flexibility index (Phi) is 7.31. The predicted octanol–water partition coefficient (Wildman–Crippen LogP) is 4.11. The topological polar surface area (TPSA) is 118 Å². The highest BCUT2D eigenvalue weighted by Crippen LogP contribution is 2.22. The molecule has 0 aliphatic rings. The van der Waals surface area contributed by atoms with Gasteiger partial charge in [-0.15, -0.1) is 0 Å². The van der Waals surface area contributed by atoms with Gasteiger partial charge in [0, 0.05) is 25.4 Å². The average Bonchev–Trinajstić information content (AvgIpc) is 2.83. The summed E-state index contributed by atoms with van der Waals surface area (Å²) >= 11 is 0. The molecule has 0 fully saturated rings. The van der Waals surface area contributed by atoms with Gasteiger partial charge in [-0.2, -0.15) is 0 Å². The molecular weight excluding hydrogens is 452 g/mol. The molecule has 0 radical (unpaired) electrons. The third kappa shape index (κ3) is 6.50. The molecule has 3 N–H and O–H groups in total. The van der Waals surface area contributed by atoms with Gasteiger partial charge in [-0.05, 0) is 61.0 Å². The lowest BCUT2D eigenvalue weighted by Crippen LogP contribution is -2.29. The molecule has 9 nitrogen and oxygen atoms in total. The van der Waals surface area contributed by atoms with E-state index >= 15 is 0 Å². The van der Waals surface area contributed by atoms with E-state index in [4.69, 9.17) is 4.74 Å². The summed E-state index contributed by atoms with van der Waals surface area (Å²) in [7, 11) is -3.66. The number of aromatic nitrogens is 3. The van der Waals surface area contributed by atoms with Crippen molar-refractivity contribution in [3.63, 3.8) is 0 Å². The van der Waals surface area contributed by atoms with Crippen molar-refractivity contribution in [2.24, 2.45) is 0 Å². The number of hydrogen-bond acceptors (Lipinski definition) is 8. The number of benzene rings is 2. The Balaban J connectivity index is 1.27. The van der Waals surface area contributed by atoms with E-state index in [9.17, 15) is 8.42 Å². The van der Waals surface area contributed by atoms with E-state index < -0.39 is 10.0 Å². The second kappa shape index (κ2) is 10.7. The molecular formula is C24H24N6O3S. The SMILES string of the molecule is Cc1ccnc(Nc2cc(NCCNS(=O)(=O)c3ccc(Oc4ccccc4)cc3)ncn2)c1. The van der Waals surface area contributed by atoms with E-state index in [0.717, 1.165) is 5.56 Å². The molecule has 0 spiro atoms. The largest absolute Gasteiger partial charge is 0.457 e. The average molecular weight is 477 g/mol. The van der Waals surface area contributed by atoms with Crippen LogP contribution in [0, 0.1) is 6.92 Å². The minimum atomic E-state index is -3.66. The second-order valence-corrected chi connectivity index (χ2v) is 9.11. The normalized spacial score (nSPS) is 11.1. The first-order chi connectivity index (χ1) is 16.5. The second-order valence-electron chi connectivity index (χ2n) is 7.34. The molecule has 0 saturated carbocycles. The number of pyridine rings is 1. The molecule has 174 valence electrons. The molecule has 2 aromatic heterocycles. The number of sulfonamides is 1. The first-order valence-electron chi connectivity index (χ1n) is 10.6.